The number of hydrogen-bond donors (Lipinski definition) is 4. The lowest BCUT2D eigenvalue weighted by Crippen LogP contribution is -2.36. The van der Waals surface area contributed by atoms with Crippen LogP contribution in [-0.2, 0) is 23.8 Å². The standard InChI is InChI=1S/C39H53ClN8O6S2/c1-24-25(2)56-38-34(24)35(27-10-12-28(40)13-11-27)43-29(37-47-46-26(3)48(37)38)22-33(50)42-15-7-17-53-19-21-54-20-18-52-16-6-14-41-32(49)9-5-4-8-31-36-30(23-55-31)44-39(51)45-36/h10-13,29-31,36H,4-9,14-23H2,1-3H3,(H,41,49)(H,42,50)(H2,44,45,51)/t29-,30-,31-,36-/m1/s1. The van der Waals surface area contributed by atoms with E-state index in [1.165, 1.54) is 4.88 Å². The Morgan fingerprint density at radius 3 is 2.29 bits per heavy atom. The highest BCUT2D eigenvalue weighted by Gasteiger charge is 2.42. The monoisotopic (exact) mass is 828 g/mol. The summed E-state index contributed by atoms with van der Waals surface area (Å²) in [5.74, 6) is 2.31. The number of ether oxygens (including phenoxy) is 3. The van der Waals surface area contributed by atoms with Crippen molar-refractivity contribution in [3.8, 4) is 5.00 Å². The summed E-state index contributed by atoms with van der Waals surface area (Å²) in [5, 5.41) is 22.9. The average Bonchev–Trinajstić information content (AvgIpc) is 3.91. The van der Waals surface area contributed by atoms with E-state index < -0.39 is 6.04 Å². The molecule has 0 spiro atoms. The maximum Gasteiger partial charge on any atom is 0.315 e. The molecule has 2 aromatic heterocycles. The van der Waals surface area contributed by atoms with Crippen LogP contribution in [0.15, 0.2) is 29.3 Å². The molecule has 2 saturated heterocycles. The maximum absolute atomic E-state index is 13.2. The number of halogens is 1. The number of aryl methyl sites for hydroxylation is 2. The van der Waals surface area contributed by atoms with Gasteiger partial charge in [-0.2, -0.15) is 11.8 Å². The van der Waals surface area contributed by atoms with Gasteiger partial charge in [0.2, 0.25) is 11.8 Å². The minimum atomic E-state index is -0.516. The molecule has 2 fully saturated rings. The quantitative estimate of drug-likeness (QED) is 0.0807. The zero-order chi connectivity index (χ0) is 39.4. The maximum atomic E-state index is 13.2. The van der Waals surface area contributed by atoms with Crippen molar-refractivity contribution in [2.75, 3.05) is 58.5 Å². The van der Waals surface area contributed by atoms with Gasteiger partial charge >= 0.3 is 6.03 Å². The summed E-state index contributed by atoms with van der Waals surface area (Å²) in [6, 6.07) is 7.52. The number of carbonyl (C=O) groups excluding carboxylic acids is 3. The number of nitrogens with zero attached hydrogens (tertiary/aromatic N) is 4. The molecule has 1 aromatic carbocycles. The molecule has 4 atom stereocenters. The zero-order valence-corrected chi connectivity index (χ0v) is 34.8. The number of urea groups is 1. The van der Waals surface area contributed by atoms with E-state index in [-0.39, 0.29) is 36.3 Å². The molecule has 5 heterocycles. The Morgan fingerprint density at radius 1 is 0.893 bits per heavy atom. The Bertz CT molecular complexity index is 1840. The third kappa shape index (κ3) is 11.1. The van der Waals surface area contributed by atoms with Crippen LogP contribution in [0.25, 0.3) is 5.00 Å². The highest BCUT2D eigenvalue weighted by Crippen LogP contribution is 2.39. The van der Waals surface area contributed by atoms with E-state index in [1.807, 2.05) is 47.5 Å². The summed E-state index contributed by atoms with van der Waals surface area (Å²) in [5.41, 5.74) is 3.93. The van der Waals surface area contributed by atoms with E-state index in [2.05, 4.69) is 45.3 Å². The molecule has 4 N–H and O–H groups in total. The largest absolute Gasteiger partial charge is 0.379 e. The number of aromatic nitrogens is 3. The smallest absolute Gasteiger partial charge is 0.315 e. The predicted molar refractivity (Wildman–Crippen MR) is 220 cm³/mol. The Kier molecular flexibility index (Phi) is 15.6. The highest BCUT2D eigenvalue weighted by molar-refractivity contribution is 8.00. The Hall–Kier alpha value is -3.54. The second-order valence-corrected chi connectivity index (χ2v) is 17.1. The van der Waals surface area contributed by atoms with Gasteiger partial charge < -0.3 is 35.5 Å². The van der Waals surface area contributed by atoms with Gasteiger partial charge in [0, 0.05) is 64.8 Å². The van der Waals surface area contributed by atoms with Crippen LogP contribution < -0.4 is 21.3 Å². The number of unbranched alkanes of at least 4 members (excludes halogenated alkanes) is 1. The second-order valence-electron chi connectivity index (χ2n) is 14.2. The van der Waals surface area contributed by atoms with Crippen molar-refractivity contribution in [2.45, 2.75) is 89.1 Å². The average molecular weight is 829 g/mol. The van der Waals surface area contributed by atoms with Crippen LogP contribution >= 0.6 is 34.7 Å². The number of thioether (sulfide) groups is 1. The van der Waals surface area contributed by atoms with Crippen molar-refractivity contribution in [1.82, 2.24) is 36.0 Å². The Morgan fingerprint density at radius 2 is 1.57 bits per heavy atom. The molecule has 3 aliphatic heterocycles. The topological polar surface area (TPSA) is 170 Å². The third-order valence-electron chi connectivity index (χ3n) is 10.1. The summed E-state index contributed by atoms with van der Waals surface area (Å²) in [7, 11) is 0. The molecular formula is C39H53ClN8O6S2. The number of nitrogens with one attached hydrogen (secondary N) is 4. The van der Waals surface area contributed by atoms with E-state index >= 15 is 0 Å². The first-order chi connectivity index (χ1) is 27.2. The van der Waals surface area contributed by atoms with Gasteiger partial charge in [0.25, 0.3) is 0 Å². The van der Waals surface area contributed by atoms with Crippen LogP contribution in [0.4, 0.5) is 4.79 Å². The first-order valence-electron chi connectivity index (χ1n) is 19.5. The first-order valence-corrected chi connectivity index (χ1v) is 21.8. The Balaban J connectivity index is 0.787. The van der Waals surface area contributed by atoms with Crippen molar-refractivity contribution >= 4 is 58.3 Å². The molecule has 4 amide bonds. The molecule has 0 aliphatic carbocycles. The molecule has 0 radical (unpaired) electrons. The number of amides is 4. The second kappa shape index (κ2) is 20.8. The van der Waals surface area contributed by atoms with Crippen molar-refractivity contribution in [2.24, 2.45) is 4.99 Å². The van der Waals surface area contributed by atoms with Crippen molar-refractivity contribution in [1.29, 1.82) is 0 Å². The zero-order valence-electron chi connectivity index (χ0n) is 32.4. The van der Waals surface area contributed by atoms with Crippen LogP contribution in [0.5, 0.6) is 0 Å². The molecular weight excluding hydrogens is 776 g/mol. The lowest BCUT2D eigenvalue weighted by Gasteiger charge is -2.16. The van der Waals surface area contributed by atoms with Gasteiger partial charge in [0.1, 0.15) is 16.9 Å². The summed E-state index contributed by atoms with van der Waals surface area (Å²) in [6.45, 7) is 10.1. The van der Waals surface area contributed by atoms with Gasteiger partial charge in [-0.15, -0.1) is 21.5 Å². The number of fused-ring (bicyclic) bond motifs is 4. The minimum absolute atomic E-state index is 0.0608. The molecule has 14 nitrogen and oxygen atoms in total. The lowest BCUT2D eigenvalue weighted by atomic mass is 9.99. The molecule has 3 aromatic rings. The number of thiophene rings is 1. The summed E-state index contributed by atoms with van der Waals surface area (Å²) >= 11 is 9.80. The molecule has 0 bridgehead atoms. The van der Waals surface area contributed by atoms with Gasteiger partial charge in [-0.25, -0.2) is 4.79 Å². The van der Waals surface area contributed by atoms with Gasteiger partial charge in [0.15, 0.2) is 5.82 Å². The van der Waals surface area contributed by atoms with Crippen LogP contribution in [0.1, 0.15) is 84.2 Å². The molecule has 0 unspecified atom stereocenters. The summed E-state index contributed by atoms with van der Waals surface area (Å²) in [4.78, 5) is 43.2. The predicted octanol–water partition coefficient (Wildman–Crippen LogP) is 4.98. The van der Waals surface area contributed by atoms with Gasteiger partial charge in [0.05, 0.1) is 50.6 Å². The normalized spacial score (nSPS) is 19.7. The van der Waals surface area contributed by atoms with E-state index in [9.17, 15) is 14.4 Å². The van der Waals surface area contributed by atoms with Crippen LogP contribution in [0, 0.1) is 20.8 Å². The third-order valence-corrected chi connectivity index (χ3v) is 13.1. The van der Waals surface area contributed by atoms with Crippen LogP contribution in [0.3, 0.4) is 0 Å². The number of rotatable bonds is 22. The summed E-state index contributed by atoms with van der Waals surface area (Å²) < 4.78 is 18.9. The van der Waals surface area contributed by atoms with E-state index in [0.717, 1.165) is 64.7 Å². The summed E-state index contributed by atoms with van der Waals surface area (Å²) in [6.07, 6.45) is 4.91. The number of aliphatic imine (C=N–C) groups is 1. The molecule has 0 saturated carbocycles. The molecule has 17 heteroatoms. The lowest BCUT2D eigenvalue weighted by molar-refractivity contribution is -0.122. The van der Waals surface area contributed by atoms with Crippen molar-refractivity contribution in [3.05, 3.63) is 62.5 Å². The number of carbonyl (C=O) groups is 3. The van der Waals surface area contributed by atoms with Crippen LogP contribution in [0.2, 0.25) is 5.02 Å². The molecule has 3 aliphatic rings. The SMILES string of the molecule is Cc1sc2c(c1C)C(c1ccc(Cl)cc1)=N[C@H](CC(=O)NCCCOCCOCCOCCCNC(=O)CCCC[C@H]1SC[C@H]3NC(=O)N[C@H]31)c1nnc(C)n1-2. The Labute approximate surface area is 341 Å². The van der Waals surface area contributed by atoms with Crippen molar-refractivity contribution in [3.63, 3.8) is 0 Å². The highest BCUT2D eigenvalue weighted by atomic mass is 35.5. The molecule has 304 valence electrons. The fourth-order valence-corrected chi connectivity index (χ4v) is 9.97. The first kappa shape index (κ1) is 42.1. The van der Waals surface area contributed by atoms with Gasteiger partial charge in [-0.1, -0.05) is 30.2 Å². The fraction of sp³-hybridized carbons (Fsp3) is 0.590. The van der Waals surface area contributed by atoms with E-state index in [0.29, 0.717) is 81.7 Å². The number of hydrogen-bond acceptors (Lipinski definition) is 11. The number of benzene rings is 1. The van der Waals surface area contributed by atoms with Crippen molar-refractivity contribution < 1.29 is 28.6 Å². The van der Waals surface area contributed by atoms with Gasteiger partial charge in [-0.05, 0) is 64.2 Å². The van der Waals surface area contributed by atoms with E-state index in [4.69, 9.17) is 30.8 Å². The van der Waals surface area contributed by atoms with Gasteiger partial charge in [-0.3, -0.25) is 19.1 Å². The van der Waals surface area contributed by atoms with E-state index in [1.54, 1.807) is 11.3 Å². The van der Waals surface area contributed by atoms with Crippen LogP contribution in [-0.4, -0.2) is 114 Å². The molecule has 56 heavy (non-hydrogen) atoms. The fourth-order valence-electron chi connectivity index (χ4n) is 7.09. The minimum Gasteiger partial charge on any atom is -0.379 e. The molecule has 6 rings (SSSR count).